The summed E-state index contributed by atoms with van der Waals surface area (Å²) in [5, 5.41) is 50.5. The van der Waals surface area contributed by atoms with E-state index in [1.54, 1.807) is 121 Å². The van der Waals surface area contributed by atoms with Gasteiger partial charge in [0, 0.05) is 44.2 Å². The highest BCUT2D eigenvalue weighted by Gasteiger charge is 2.78. The number of nitrogens with zero attached hydrogens (tertiary/aromatic N) is 2. The molecule has 0 spiro atoms. The van der Waals surface area contributed by atoms with E-state index in [0.717, 1.165) is 63.3 Å². The lowest BCUT2D eigenvalue weighted by molar-refractivity contribution is -0.346. The quantitative estimate of drug-likeness (QED) is 0.0270. The van der Waals surface area contributed by atoms with Crippen molar-refractivity contribution in [3.63, 3.8) is 0 Å². The summed E-state index contributed by atoms with van der Waals surface area (Å²) in [6.45, 7) is 14.0. The van der Waals surface area contributed by atoms with Crippen LogP contribution in [-0.2, 0) is 54.7 Å². The molecule has 1 unspecified atom stereocenters. The largest absolute Gasteiger partial charge is 0.493 e. The van der Waals surface area contributed by atoms with Crippen molar-refractivity contribution >= 4 is 35.6 Å². The third kappa shape index (κ3) is 14.3. The molecule has 21 nitrogen and oxygen atoms in total. The Bertz CT molecular complexity index is 3650. The second-order valence-electron chi connectivity index (χ2n) is 26.0. The van der Waals surface area contributed by atoms with E-state index in [4.69, 9.17) is 42.6 Å². The Kier molecular flexibility index (Phi) is 22.8. The fourth-order valence-corrected chi connectivity index (χ4v) is 14.4. The van der Waals surface area contributed by atoms with E-state index >= 15 is 4.79 Å². The van der Waals surface area contributed by atoms with Gasteiger partial charge in [-0.1, -0.05) is 107 Å². The van der Waals surface area contributed by atoms with Gasteiger partial charge >= 0.3 is 23.9 Å². The molecule has 1 aliphatic heterocycles. The lowest BCUT2D eigenvalue weighted by Crippen LogP contribution is -2.82. The van der Waals surface area contributed by atoms with Crippen LogP contribution >= 0.6 is 0 Å². The van der Waals surface area contributed by atoms with Gasteiger partial charge in [0.1, 0.15) is 23.9 Å². The normalized spacial score (nSPS) is 25.3. The number of aliphatic hydroxyl groups is 3. The smallest absolute Gasteiger partial charge is 0.338 e. The summed E-state index contributed by atoms with van der Waals surface area (Å²) in [4.78, 5) is 85.8. The highest BCUT2D eigenvalue weighted by Crippen LogP contribution is 2.64. The molecule has 2 bridgehead atoms. The number of esters is 4. The first-order valence-corrected chi connectivity index (χ1v) is 31.9. The van der Waals surface area contributed by atoms with Crippen LogP contribution in [0.4, 0.5) is 0 Å². The van der Waals surface area contributed by atoms with Crippen molar-refractivity contribution in [2.24, 2.45) is 22.7 Å². The van der Waals surface area contributed by atoms with E-state index in [1.807, 2.05) is 30.3 Å². The van der Waals surface area contributed by atoms with E-state index in [-0.39, 0.29) is 41.2 Å². The van der Waals surface area contributed by atoms with Crippen molar-refractivity contribution in [1.82, 2.24) is 10.2 Å². The van der Waals surface area contributed by atoms with Crippen molar-refractivity contribution in [3.8, 4) is 29.1 Å². The first kappa shape index (κ1) is 72.2. The lowest BCUT2D eigenvalue weighted by atomic mass is 9.44. The van der Waals surface area contributed by atoms with Gasteiger partial charge in [0.15, 0.2) is 46.6 Å². The number of rotatable bonds is 23. The molecular formula is C74H89N3O18. The predicted molar refractivity (Wildman–Crippen MR) is 349 cm³/mol. The highest BCUT2D eigenvalue weighted by molar-refractivity contribution is 5.96. The maximum atomic E-state index is 15.5. The van der Waals surface area contributed by atoms with Crippen molar-refractivity contribution in [2.75, 3.05) is 55.2 Å². The minimum atomic E-state index is -2.39. The molecule has 4 aliphatic rings. The number of nitrogens with one attached hydrogen (secondary N) is 1. The van der Waals surface area contributed by atoms with Gasteiger partial charge in [-0.15, -0.1) is 0 Å². The Labute approximate surface area is 555 Å². The average Bonchev–Trinajstić information content (AvgIpc) is 0.670. The number of benzene rings is 5. The average molecular weight is 1310 g/mol. The number of amides is 1. The Balaban J connectivity index is 0.000000296. The molecule has 0 radical (unpaired) electrons. The second kappa shape index (κ2) is 30.0. The first-order valence-electron chi connectivity index (χ1n) is 31.9. The van der Waals surface area contributed by atoms with E-state index in [0.29, 0.717) is 17.1 Å². The van der Waals surface area contributed by atoms with Crippen molar-refractivity contribution in [3.05, 3.63) is 166 Å². The van der Waals surface area contributed by atoms with Crippen molar-refractivity contribution < 1.29 is 86.7 Å². The Morgan fingerprint density at radius 1 is 0.768 bits per heavy atom. The number of hydrogen-bond acceptors (Lipinski definition) is 20. The summed E-state index contributed by atoms with van der Waals surface area (Å²) in [6.07, 6.45) is -7.90. The highest BCUT2D eigenvalue weighted by atomic mass is 16.6. The SMILES string of the molecule is CC(=O)O[C@H]1C(=O)[C@@]2(C)[C@H]([C@H](OC(=O)c3ccccc3)[C@]3(O)C[C@H](OC(=O)[C@H](O)[C@@H](NC(=O)c4ccccc4)c4ccccc4)C(C)=C1C3(C)C)[C@]1(OC(C)=O)CO[C@@H]1C[C@@H]2O.COc1ccc(CCN(C)CCCC(C#N)(c2ccc(OC)c(OC)c2)C(C)C)cc1OC. The van der Waals surface area contributed by atoms with Gasteiger partial charge in [-0.2, -0.15) is 5.26 Å². The van der Waals surface area contributed by atoms with Crippen LogP contribution in [0.25, 0.3) is 0 Å². The number of fused-ring (bicyclic) bond motifs is 5. The summed E-state index contributed by atoms with van der Waals surface area (Å²) < 4.78 is 51.9. The number of nitriles is 1. The summed E-state index contributed by atoms with van der Waals surface area (Å²) >= 11 is 0. The van der Waals surface area contributed by atoms with Gasteiger partial charge in [-0.3, -0.25) is 19.2 Å². The number of likely N-dealkylation sites (N-methyl/N-ethyl adjacent to an activating group) is 1. The van der Waals surface area contributed by atoms with E-state index in [9.17, 15) is 44.6 Å². The zero-order valence-electron chi connectivity index (χ0n) is 56.3. The predicted octanol–water partition coefficient (Wildman–Crippen LogP) is 8.83. The van der Waals surface area contributed by atoms with Crippen LogP contribution in [0.15, 0.2) is 139 Å². The van der Waals surface area contributed by atoms with Crippen LogP contribution in [0.5, 0.6) is 23.0 Å². The molecule has 3 aliphatic carbocycles. The molecule has 1 heterocycles. The van der Waals surface area contributed by atoms with Crippen LogP contribution < -0.4 is 24.3 Å². The van der Waals surface area contributed by atoms with Gasteiger partial charge in [-0.05, 0) is 129 Å². The number of ketones is 1. The maximum absolute atomic E-state index is 15.5. The molecule has 2 saturated carbocycles. The zero-order valence-corrected chi connectivity index (χ0v) is 56.3. The molecule has 1 amide bonds. The molecule has 0 aromatic heterocycles. The minimum Gasteiger partial charge on any atom is -0.493 e. The van der Waals surface area contributed by atoms with Gasteiger partial charge in [0.05, 0.1) is 75.6 Å². The number of Topliss-reactive ketones (excluding diaryl/α,β-unsaturated/α-hetero) is 1. The molecule has 21 heteroatoms. The molecule has 508 valence electrons. The molecule has 3 fully saturated rings. The summed E-state index contributed by atoms with van der Waals surface area (Å²) in [6, 6.07) is 37.4. The molecular weight excluding hydrogens is 1220 g/mol. The van der Waals surface area contributed by atoms with Gasteiger partial charge in [-0.25, -0.2) is 9.59 Å². The van der Waals surface area contributed by atoms with Crippen molar-refractivity contribution in [1.29, 1.82) is 5.26 Å². The van der Waals surface area contributed by atoms with E-state index < -0.39 is 118 Å². The Morgan fingerprint density at radius 2 is 1.35 bits per heavy atom. The molecule has 5 aromatic carbocycles. The molecule has 5 aromatic rings. The molecule has 9 rings (SSSR count). The number of aliphatic hydroxyl groups excluding tert-OH is 2. The first-order chi connectivity index (χ1) is 45.1. The number of carbonyl (C=O) groups is 6. The van der Waals surface area contributed by atoms with E-state index in [1.165, 1.54) is 31.5 Å². The van der Waals surface area contributed by atoms with Crippen LogP contribution in [0, 0.1) is 34.0 Å². The van der Waals surface area contributed by atoms with Crippen LogP contribution in [0.1, 0.15) is 125 Å². The monoisotopic (exact) mass is 1310 g/mol. The van der Waals surface area contributed by atoms with Crippen LogP contribution in [-0.4, -0.2) is 159 Å². The number of ether oxygens (including phenoxy) is 9. The second-order valence-corrected chi connectivity index (χ2v) is 26.0. The maximum Gasteiger partial charge on any atom is 0.338 e. The Morgan fingerprint density at radius 3 is 1.89 bits per heavy atom. The standard InChI is InChI=1S/C47H51NO14.C27H38N2O4/c1-25-31(60-43(56)36(52)35(28-16-10-7-11-17-28)48-41(54)29-18-12-8-13-19-29)23-47(57)40(61-42(55)30-20-14-9-15-21-30)38-45(6,32(51)22-33-46(38,24-58-33)62-27(3)50)39(53)37(59-26(2)49)34(25)44(47,4)5;1-20(2)27(19-28,22-10-12-24(31-5)26(18-22)33-7)14-8-15-29(3)16-13-21-9-11-23(30-4)25(17-21)32-6/h7-21,31-33,35-38,40,51-52,57H,22-24H2,1-6H3,(H,48,54);9-12,17-18,20H,8,13-16H2,1-7H3/t31-,32-,33+,35-,36+,37+,38-,40-,45+,46-,47+;/m0./s1. The lowest BCUT2D eigenvalue weighted by Gasteiger charge is -2.67. The third-order valence-corrected chi connectivity index (χ3v) is 19.9. The fourth-order valence-electron chi connectivity index (χ4n) is 14.4. The number of methoxy groups -OCH3 is 4. The van der Waals surface area contributed by atoms with Crippen molar-refractivity contribution in [2.45, 2.75) is 147 Å². The molecule has 1 saturated heterocycles. The van der Waals surface area contributed by atoms with Gasteiger partial charge < -0.3 is 68.2 Å². The number of hydrogen-bond donors (Lipinski definition) is 4. The minimum absolute atomic E-state index is 0.00289. The third-order valence-electron chi connectivity index (χ3n) is 19.9. The van der Waals surface area contributed by atoms with Gasteiger partial charge in [0.25, 0.3) is 5.91 Å². The summed E-state index contributed by atoms with van der Waals surface area (Å²) in [5.74, 6) is -3.85. The van der Waals surface area contributed by atoms with Crippen LogP contribution in [0.3, 0.4) is 0 Å². The van der Waals surface area contributed by atoms with Gasteiger partial charge in [0.2, 0.25) is 0 Å². The van der Waals surface area contributed by atoms with Crippen LogP contribution in [0.2, 0.25) is 0 Å². The topological polar surface area (TPSA) is 285 Å². The molecule has 12 atom stereocenters. The molecule has 95 heavy (non-hydrogen) atoms. The zero-order chi connectivity index (χ0) is 69.4. The fraction of sp³-hybridized carbons (Fsp3) is 0.473. The Hall–Kier alpha value is -8.65. The number of carbonyl (C=O) groups excluding carboxylic acids is 6. The summed E-state index contributed by atoms with van der Waals surface area (Å²) in [7, 11) is 8.67. The molecule has 4 N–H and O–H groups in total. The van der Waals surface area contributed by atoms with E-state index in [2.05, 4.69) is 43.2 Å². The summed E-state index contributed by atoms with van der Waals surface area (Å²) in [5.41, 5.74) is -5.41.